The molecule has 0 aliphatic carbocycles. The van der Waals surface area contributed by atoms with Crippen LogP contribution in [0, 0.1) is 5.82 Å². The summed E-state index contributed by atoms with van der Waals surface area (Å²) in [7, 11) is 0. The van der Waals surface area contributed by atoms with E-state index in [-0.39, 0.29) is 23.5 Å². The maximum absolute atomic E-state index is 13.3. The molecular weight excluding hydrogens is 431 g/mol. The topological polar surface area (TPSA) is 58.4 Å². The van der Waals surface area contributed by atoms with Gasteiger partial charge in [-0.2, -0.15) is 0 Å². The first-order valence-corrected chi connectivity index (χ1v) is 12.3. The first-order chi connectivity index (χ1) is 16.6. The second-order valence-electron chi connectivity index (χ2n) is 9.46. The number of amides is 2. The average molecular weight is 463 g/mol. The number of fused-ring (bicyclic) bond motifs is 1. The van der Waals surface area contributed by atoms with Crippen LogP contribution < -0.4 is 0 Å². The Balaban J connectivity index is 1.34. The van der Waals surface area contributed by atoms with E-state index >= 15 is 0 Å². The van der Waals surface area contributed by atoms with Gasteiger partial charge in [-0.15, -0.1) is 0 Å². The van der Waals surface area contributed by atoms with Crippen LogP contribution in [0.3, 0.4) is 0 Å². The summed E-state index contributed by atoms with van der Waals surface area (Å²) in [6.45, 7) is 3.30. The van der Waals surface area contributed by atoms with Crippen LogP contribution in [0.1, 0.15) is 55.8 Å². The molecule has 2 aromatic carbocycles. The third kappa shape index (κ3) is 4.83. The Hall–Kier alpha value is -3.22. The second kappa shape index (κ2) is 9.95. The largest absolute Gasteiger partial charge is 0.343 e. The number of aryl methyl sites for hydroxylation is 1. The van der Waals surface area contributed by atoms with Crippen molar-refractivity contribution in [3.8, 4) is 0 Å². The molecule has 0 saturated carbocycles. The summed E-state index contributed by atoms with van der Waals surface area (Å²) in [5, 5.41) is 0. The van der Waals surface area contributed by atoms with E-state index in [0.717, 1.165) is 48.4 Å². The van der Waals surface area contributed by atoms with Gasteiger partial charge in [0.05, 0.1) is 11.0 Å². The Kier molecular flexibility index (Phi) is 6.61. The molecule has 0 radical (unpaired) electrons. The maximum Gasteiger partial charge on any atom is 0.224 e. The lowest BCUT2D eigenvalue weighted by Crippen LogP contribution is -2.32. The lowest BCUT2D eigenvalue weighted by atomic mass is 10.1. The number of likely N-dealkylation sites (tertiary alicyclic amines) is 2. The monoisotopic (exact) mass is 462 g/mol. The predicted molar refractivity (Wildman–Crippen MR) is 129 cm³/mol. The Morgan fingerprint density at radius 1 is 1.00 bits per heavy atom. The summed E-state index contributed by atoms with van der Waals surface area (Å²) < 4.78 is 15.4. The van der Waals surface area contributed by atoms with Crippen molar-refractivity contribution in [2.45, 2.75) is 57.5 Å². The number of rotatable bonds is 6. The van der Waals surface area contributed by atoms with Crippen molar-refractivity contribution < 1.29 is 14.0 Å². The van der Waals surface area contributed by atoms with Crippen LogP contribution >= 0.6 is 0 Å². The highest BCUT2D eigenvalue weighted by Crippen LogP contribution is 2.31. The van der Waals surface area contributed by atoms with Crippen LogP contribution in [0.5, 0.6) is 0 Å². The van der Waals surface area contributed by atoms with Crippen molar-refractivity contribution in [2.75, 3.05) is 19.6 Å². The minimum Gasteiger partial charge on any atom is -0.343 e. The predicted octanol–water partition coefficient (Wildman–Crippen LogP) is 4.48. The van der Waals surface area contributed by atoms with Crippen LogP contribution in [-0.4, -0.2) is 50.8 Å². The Morgan fingerprint density at radius 3 is 2.50 bits per heavy atom. The summed E-state index contributed by atoms with van der Waals surface area (Å²) in [5.41, 5.74) is 2.81. The molecule has 0 bridgehead atoms. The van der Waals surface area contributed by atoms with Crippen molar-refractivity contribution in [2.24, 2.45) is 0 Å². The zero-order valence-electron chi connectivity index (χ0n) is 19.5. The molecule has 3 aromatic rings. The van der Waals surface area contributed by atoms with Crippen molar-refractivity contribution in [3.63, 3.8) is 0 Å². The van der Waals surface area contributed by atoms with Gasteiger partial charge in [-0.3, -0.25) is 9.59 Å². The van der Waals surface area contributed by atoms with E-state index in [2.05, 4.69) is 4.57 Å². The Bertz CT molecular complexity index is 1170. The van der Waals surface area contributed by atoms with E-state index in [0.29, 0.717) is 32.5 Å². The van der Waals surface area contributed by atoms with Crippen LogP contribution in [-0.2, 0) is 22.7 Å². The van der Waals surface area contributed by atoms with Crippen molar-refractivity contribution >= 4 is 22.8 Å². The smallest absolute Gasteiger partial charge is 0.224 e. The van der Waals surface area contributed by atoms with E-state index in [4.69, 9.17) is 4.98 Å². The molecule has 0 N–H and O–H groups in total. The van der Waals surface area contributed by atoms with E-state index < -0.39 is 0 Å². The van der Waals surface area contributed by atoms with E-state index in [1.54, 1.807) is 12.1 Å². The van der Waals surface area contributed by atoms with Crippen LogP contribution in [0.4, 0.5) is 4.39 Å². The molecule has 2 aliphatic rings. The molecule has 2 amide bonds. The zero-order chi connectivity index (χ0) is 23.5. The van der Waals surface area contributed by atoms with Crippen LogP contribution in [0.25, 0.3) is 11.0 Å². The van der Waals surface area contributed by atoms with Gasteiger partial charge in [-0.1, -0.05) is 37.1 Å². The van der Waals surface area contributed by atoms with Crippen molar-refractivity contribution in [1.29, 1.82) is 0 Å². The lowest BCUT2D eigenvalue weighted by molar-refractivity contribution is -0.131. The SMILES string of the molecule is O=C(CCn1c(C2CC(=O)N(Cc3ccc(F)cc3)C2)nc2ccccc21)N1CCCCCC1. The number of halogens is 1. The molecule has 1 atom stereocenters. The van der Waals surface area contributed by atoms with Gasteiger partial charge in [-0.25, -0.2) is 9.37 Å². The third-order valence-electron chi connectivity index (χ3n) is 7.06. The van der Waals surface area contributed by atoms with E-state index in [1.165, 1.54) is 25.0 Å². The summed E-state index contributed by atoms with van der Waals surface area (Å²) in [5.74, 6) is 0.839. The fourth-order valence-electron chi connectivity index (χ4n) is 5.23. The zero-order valence-corrected chi connectivity index (χ0v) is 19.5. The number of imidazole rings is 1. The quantitative estimate of drug-likeness (QED) is 0.543. The third-order valence-corrected chi connectivity index (χ3v) is 7.06. The molecule has 3 heterocycles. The van der Waals surface area contributed by atoms with Gasteiger partial charge in [0.1, 0.15) is 11.6 Å². The normalized spacial score (nSPS) is 19.1. The number of carbonyl (C=O) groups is 2. The van der Waals surface area contributed by atoms with Gasteiger partial charge in [0.25, 0.3) is 0 Å². The highest BCUT2D eigenvalue weighted by atomic mass is 19.1. The van der Waals surface area contributed by atoms with Crippen molar-refractivity contribution in [1.82, 2.24) is 19.4 Å². The minimum absolute atomic E-state index is 0.0337. The summed E-state index contributed by atoms with van der Waals surface area (Å²) in [6.07, 6.45) is 5.39. The molecule has 5 rings (SSSR count). The summed E-state index contributed by atoms with van der Waals surface area (Å²) >= 11 is 0. The molecule has 0 spiro atoms. The van der Waals surface area contributed by atoms with Gasteiger partial charge in [0.15, 0.2) is 0 Å². The molecule has 1 aromatic heterocycles. The number of nitrogens with zero attached hydrogens (tertiary/aromatic N) is 4. The highest BCUT2D eigenvalue weighted by Gasteiger charge is 2.34. The van der Waals surface area contributed by atoms with E-state index in [1.807, 2.05) is 34.1 Å². The number of benzene rings is 2. The molecular formula is C27H31FN4O2. The van der Waals surface area contributed by atoms with E-state index in [9.17, 15) is 14.0 Å². The molecule has 178 valence electrons. The number of hydrogen-bond donors (Lipinski definition) is 0. The van der Waals surface area contributed by atoms with Gasteiger partial charge in [0, 0.05) is 51.5 Å². The molecule has 2 saturated heterocycles. The van der Waals surface area contributed by atoms with Gasteiger partial charge >= 0.3 is 0 Å². The summed E-state index contributed by atoms with van der Waals surface area (Å²) in [6, 6.07) is 14.3. The fraction of sp³-hybridized carbons (Fsp3) is 0.444. The maximum atomic E-state index is 13.3. The van der Waals surface area contributed by atoms with Crippen LogP contribution in [0.15, 0.2) is 48.5 Å². The molecule has 2 aliphatic heterocycles. The lowest BCUT2D eigenvalue weighted by Gasteiger charge is -2.21. The molecule has 6 nitrogen and oxygen atoms in total. The first kappa shape index (κ1) is 22.6. The number of aromatic nitrogens is 2. The molecule has 1 unspecified atom stereocenters. The van der Waals surface area contributed by atoms with Gasteiger partial charge < -0.3 is 14.4 Å². The minimum atomic E-state index is -0.280. The van der Waals surface area contributed by atoms with Gasteiger partial charge in [-0.05, 0) is 42.7 Å². The van der Waals surface area contributed by atoms with Gasteiger partial charge in [0.2, 0.25) is 11.8 Å². The van der Waals surface area contributed by atoms with Crippen LogP contribution in [0.2, 0.25) is 0 Å². The molecule has 2 fully saturated rings. The standard InChI is InChI=1S/C27H31FN4O2/c28-22-11-9-20(10-12-22)18-31-19-21(17-26(31)34)27-29-23-7-3-4-8-24(23)32(27)16-13-25(33)30-14-5-1-2-6-15-30/h3-4,7-12,21H,1-2,5-6,13-19H2. The second-order valence-corrected chi connectivity index (χ2v) is 9.46. The number of hydrogen-bond acceptors (Lipinski definition) is 3. The molecule has 7 heteroatoms. The average Bonchev–Trinajstić information content (AvgIpc) is 3.25. The number of para-hydroxylation sites is 2. The number of carbonyl (C=O) groups excluding carboxylic acids is 2. The Morgan fingerprint density at radius 2 is 1.74 bits per heavy atom. The van der Waals surface area contributed by atoms with Crippen molar-refractivity contribution in [3.05, 3.63) is 65.7 Å². The first-order valence-electron chi connectivity index (χ1n) is 12.3. The Labute approximate surface area is 199 Å². The molecule has 34 heavy (non-hydrogen) atoms. The summed E-state index contributed by atoms with van der Waals surface area (Å²) in [4.78, 5) is 34.5. The highest BCUT2D eigenvalue weighted by molar-refractivity contribution is 5.81. The fourth-order valence-corrected chi connectivity index (χ4v) is 5.23.